The van der Waals surface area contributed by atoms with E-state index in [1.54, 1.807) is 7.11 Å². The summed E-state index contributed by atoms with van der Waals surface area (Å²) in [6.45, 7) is 6.55. The van der Waals surface area contributed by atoms with Crippen LogP contribution in [0.5, 0.6) is 5.75 Å². The third kappa shape index (κ3) is 4.60. The van der Waals surface area contributed by atoms with E-state index in [1.807, 2.05) is 67.9 Å². The predicted octanol–water partition coefficient (Wildman–Crippen LogP) is 4.37. The molecule has 0 spiro atoms. The molecular formula is C23H27N3O2. The van der Waals surface area contributed by atoms with Crippen LogP contribution in [0.4, 0.5) is 5.69 Å². The number of hydrogen-bond acceptors (Lipinski definition) is 3. The molecule has 0 aliphatic heterocycles. The van der Waals surface area contributed by atoms with E-state index < -0.39 is 0 Å². The molecule has 5 nitrogen and oxygen atoms in total. The minimum Gasteiger partial charge on any atom is -0.497 e. The molecule has 146 valence electrons. The van der Waals surface area contributed by atoms with Gasteiger partial charge < -0.3 is 10.1 Å². The highest BCUT2D eigenvalue weighted by Gasteiger charge is 2.19. The Morgan fingerprint density at radius 1 is 1.07 bits per heavy atom. The van der Waals surface area contributed by atoms with Crippen molar-refractivity contribution in [2.75, 3.05) is 12.4 Å². The fourth-order valence-corrected chi connectivity index (χ4v) is 3.24. The molecule has 0 aliphatic rings. The first-order valence-corrected chi connectivity index (χ1v) is 9.49. The number of nitrogens with zero attached hydrogens (tertiary/aromatic N) is 2. The van der Waals surface area contributed by atoms with E-state index in [0.717, 1.165) is 28.4 Å². The third-order valence-corrected chi connectivity index (χ3v) is 4.95. The maximum atomic E-state index is 12.7. The smallest absolute Gasteiger partial charge is 0.227 e. The summed E-state index contributed by atoms with van der Waals surface area (Å²) in [7, 11) is 1.65. The first kappa shape index (κ1) is 19.7. The zero-order valence-corrected chi connectivity index (χ0v) is 16.9. The zero-order valence-electron chi connectivity index (χ0n) is 16.9. The highest BCUT2D eigenvalue weighted by Crippen LogP contribution is 2.22. The molecule has 1 atom stereocenters. The maximum Gasteiger partial charge on any atom is 0.227 e. The molecule has 0 saturated heterocycles. The fraction of sp³-hybridized carbons (Fsp3) is 0.304. The number of nitrogens with one attached hydrogen (secondary N) is 1. The normalized spacial score (nSPS) is 11.9. The lowest BCUT2D eigenvalue weighted by atomic mass is 10.00. The molecule has 1 aromatic heterocycles. The number of rotatable bonds is 7. The maximum absolute atomic E-state index is 12.7. The Hall–Kier alpha value is -3.08. The van der Waals surface area contributed by atoms with Gasteiger partial charge in [0.05, 0.1) is 30.7 Å². The minimum absolute atomic E-state index is 0.00118. The average Bonchev–Trinajstić information content (AvgIpc) is 2.96. The lowest BCUT2D eigenvalue weighted by Crippen LogP contribution is -2.22. The number of ether oxygens (including phenoxy) is 1. The van der Waals surface area contributed by atoms with Crippen molar-refractivity contribution >= 4 is 11.6 Å². The Bertz CT molecular complexity index is 930. The highest BCUT2D eigenvalue weighted by atomic mass is 16.5. The molecule has 3 aromatic rings. The molecule has 1 unspecified atom stereocenters. The largest absolute Gasteiger partial charge is 0.497 e. The van der Waals surface area contributed by atoms with Crippen molar-refractivity contribution in [2.24, 2.45) is 5.92 Å². The van der Waals surface area contributed by atoms with Gasteiger partial charge in [-0.05, 0) is 43.5 Å². The van der Waals surface area contributed by atoms with Gasteiger partial charge >= 0.3 is 0 Å². The van der Waals surface area contributed by atoms with E-state index >= 15 is 0 Å². The molecule has 1 heterocycles. The monoisotopic (exact) mass is 377 g/mol. The standard InChI is InChI=1S/C23H27N3O2/c1-16(14-19-10-12-21(28-4)13-11-19)23(27)24-22-17(2)25-26(18(22)3)15-20-8-6-5-7-9-20/h5-13,16H,14-15H2,1-4H3,(H,24,27). The van der Waals surface area contributed by atoms with Gasteiger partial charge in [0.25, 0.3) is 0 Å². The fourth-order valence-electron chi connectivity index (χ4n) is 3.24. The average molecular weight is 377 g/mol. The molecule has 0 bridgehead atoms. The van der Waals surface area contributed by atoms with E-state index in [1.165, 1.54) is 5.56 Å². The summed E-state index contributed by atoms with van der Waals surface area (Å²) >= 11 is 0. The summed E-state index contributed by atoms with van der Waals surface area (Å²) in [6, 6.07) is 18.0. The van der Waals surface area contributed by atoms with Gasteiger partial charge in [0, 0.05) is 5.92 Å². The topological polar surface area (TPSA) is 56.1 Å². The van der Waals surface area contributed by atoms with Crippen LogP contribution in [0, 0.1) is 19.8 Å². The molecule has 3 rings (SSSR count). The van der Waals surface area contributed by atoms with Crippen LogP contribution in [0.15, 0.2) is 54.6 Å². The zero-order chi connectivity index (χ0) is 20.1. The van der Waals surface area contributed by atoms with Crippen LogP contribution in [0.1, 0.15) is 29.4 Å². The lowest BCUT2D eigenvalue weighted by molar-refractivity contribution is -0.119. The van der Waals surface area contributed by atoms with E-state index in [9.17, 15) is 4.79 Å². The van der Waals surface area contributed by atoms with Crippen molar-refractivity contribution in [3.8, 4) is 5.75 Å². The van der Waals surface area contributed by atoms with E-state index in [4.69, 9.17) is 4.74 Å². The van der Waals surface area contributed by atoms with Crippen LogP contribution < -0.4 is 10.1 Å². The van der Waals surface area contributed by atoms with Crippen molar-refractivity contribution < 1.29 is 9.53 Å². The summed E-state index contributed by atoms with van der Waals surface area (Å²) < 4.78 is 7.12. The summed E-state index contributed by atoms with van der Waals surface area (Å²) in [5.74, 6) is 0.670. The van der Waals surface area contributed by atoms with Gasteiger partial charge in [-0.15, -0.1) is 0 Å². The van der Waals surface area contributed by atoms with Crippen LogP contribution in [0.3, 0.4) is 0 Å². The summed E-state index contributed by atoms with van der Waals surface area (Å²) in [5, 5.41) is 7.69. The van der Waals surface area contributed by atoms with Gasteiger partial charge in [0.15, 0.2) is 0 Å². The lowest BCUT2D eigenvalue weighted by Gasteiger charge is -2.13. The number of methoxy groups -OCH3 is 1. The van der Waals surface area contributed by atoms with Crippen molar-refractivity contribution in [2.45, 2.75) is 33.7 Å². The number of amides is 1. The van der Waals surface area contributed by atoms with Gasteiger partial charge in [0.2, 0.25) is 5.91 Å². The molecule has 0 aliphatic carbocycles. The van der Waals surface area contributed by atoms with Gasteiger partial charge in [-0.1, -0.05) is 49.4 Å². The van der Waals surface area contributed by atoms with Crippen molar-refractivity contribution in [3.63, 3.8) is 0 Å². The van der Waals surface area contributed by atoms with E-state index in [2.05, 4.69) is 22.5 Å². The van der Waals surface area contributed by atoms with Crippen LogP contribution in [-0.4, -0.2) is 22.8 Å². The first-order valence-electron chi connectivity index (χ1n) is 9.49. The molecule has 1 amide bonds. The Kier molecular flexibility index (Phi) is 6.14. The Morgan fingerprint density at radius 3 is 2.39 bits per heavy atom. The second-order valence-corrected chi connectivity index (χ2v) is 7.13. The van der Waals surface area contributed by atoms with Crippen molar-refractivity contribution in [3.05, 3.63) is 77.1 Å². The summed E-state index contributed by atoms with van der Waals surface area (Å²) in [4.78, 5) is 12.7. The molecule has 5 heteroatoms. The molecule has 0 fully saturated rings. The number of aromatic nitrogens is 2. The molecule has 1 N–H and O–H groups in total. The van der Waals surface area contributed by atoms with Crippen molar-refractivity contribution in [1.82, 2.24) is 9.78 Å². The third-order valence-electron chi connectivity index (χ3n) is 4.95. The number of carbonyl (C=O) groups excluding carboxylic acids is 1. The molecular weight excluding hydrogens is 350 g/mol. The molecule has 28 heavy (non-hydrogen) atoms. The van der Waals surface area contributed by atoms with Gasteiger partial charge in [-0.2, -0.15) is 5.10 Å². The van der Waals surface area contributed by atoms with Crippen LogP contribution in [0.25, 0.3) is 0 Å². The SMILES string of the molecule is COc1ccc(CC(C)C(=O)Nc2c(C)nn(Cc3ccccc3)c2C)cc1. The quantitative estimate of drug-likeness (QED) is 0.665. The Balaban J connectivity index is 1.67. The van der Waals surface area contributed by atoms with Crippen molar-refractivity contribution in [1.29, 1.82) is 0 Å². The van der Waals surface area contributed by atoms with Crippen LogP contribution >= 0.6 is 0 Å². The van der Waals surface area contributed by atoms with Crippen LogP contribution in [-0.2, 0) is 17.8 Å². The molecule has 2 aromatic carbocycles. The summed E-state index contributed by atoms with van der Waals surface area (Å²) in [5.41, 5.74) is 4.89. The second-order valence-electron chi connectivity index (χ2n) is 7.13. The number of carbonyl (C=O) groups is 1. The van der Waals surface area contributed by atoms with Gasteiger partial charge in [-0.3, -0.25) is 9.48 Å². The second kappa shape index (κ2) is 8.74. The number of aryl methyl sites for hydroxylation is 1. The minimum atomic E-state index is -0.148. The number of hydrogen-bond donors (Lipinski definition) is 1. The van der Waals surface area contributed by atoms with Gasteiger partial charge in [0.1, 0.15) is 5.75 Å². The Morgan fingerprint density at radius 2 is 1.75 bits per heavy atom. The van der Waals surface area contributed by atoms with E-state index in [-0.39, 0.29) is 11.8 Å². The van der Waals surface area contributed by atoms with Crippen LogP contribution in [0.2, 0.25) is 0 Å². The molecule has 0 radical (unpaired) electrons. The summed E-state index contributed by atoms with van der Waals surface area (Å²) in [6.07, 6.45) is 0.673. The van der Waals surface area contributed by atoms with E-state index in [0.29, 0.717) is 13.0 Å². The Labute approximate surface area is 166 Å². The first-order chi connectivity index (χ1) is 13.5. The highest BCUT2D eigenvalue weighted by molar-refractivity contribution is 5.93. The number of anilines is 1. The predicted molar refractivity (Wildman–Crippen MR) is 112 cm³/mol. The number of benzene rings is 2. The van der Waals surface area contributed by atoms with Gasteiger partial charge in [-0.25, -0.2) is 0 Å². The molecule has 0 saturated carbocycles.